The Balaban J connectivity index is 1.36. The van der Waals surface area contributed by atoms with Gasteiger partial charge in [-0.15, -0.1) is 0 Å². The molecule has 0 radical (unpaired) electrons. The number of hydrogen-bond donors (Lipinski definition) is 2. The smallest absolute Gasteiger partial charge is 0.243 e. The van der Waals surface area contributed by atoms with Crippen LogP contribution in [-0.4, -0.2) is 56.6 Å². The van der Waals surface area contributed by atoms with E-state index in [1.165, 1.54) is 4.31 Å². The van der Waals surface area contributed by atoms with E-state index < -0.39 is 10.0 Å². The molecule has 9 nitrogen and oxygen atoms in total. The summed E-state index contributed by atoms with van der Waals surface area (Å²) in [5, 5.41) is 7.56. The lowest BCUT2D eigenvalue weighted by atomic mass is 10.1. The molecule has 11 heteroatoms. The van der Waals surface area contributed by atoms with Gasteiger partial charge in [0.05, 0.1) is 23.8 Å². The molecule has 4 rings (SSSR count). The van der Waals surface area contributed by atoms with Gasteiger partial charge in [-0.05, 0) is 61.6 Å². The van der Waals surface area contributed by atoms with Crippen molar-refractivity contribution in [1.29, 1.82) is 0 Å². The summed E-state index contributed by atoms with van der Waals surface area (Å²) in [7, 11) is -3.53. The summed E-state index contributed by atoms with van der Waals surface area (Å²) in [4.78, 5) is 0.232. The SMILES string of the molecule is C/C(=N\NC(=S)Nc1ccc(S(=O)(=O)N2CCOCC2)cc1)c1ccc2c(c1)OCO2. The molecule has 164 valence electrons. The first-order chi connectivity index (χ1) is 14.9. The zero-order chi connectivity index (χ0) is 21.8. The Morgan fingerprint density at radius 3 is 2.52 bits per heavy atom. The van der Waals surface area contributed by atoms with Crippen LogP contribution in [0.25, 0.3) is 0 Å². The van der Waals surface area contributed by atoms with Crippen molar-refractivity contribution in [3.8, 4) is 11.5 Å². The number of nitrogens with one attached hydrogen (secondary N) is 2. The maximum absolute atomic E-state index is 12.7. The van der Waals surface area contributed by atoms with Crippen LogP contribution < -0.4 is 20.2 Å². The molecular formula is C20H22N4O5S2. The molecular weight excluding hydrogens is 440 g/mol. The lowest BCUT2D eigenvalue weighted by Crippen LogP contribution is -2.40. The summed E-state index contributed by atoms with van der Waals surface area (Å²) >= 11 is 5.28. The maximum Gasteiger partial charge on any atom is 0.243 e. The Kier molecular flexibility index (Phi) is 6.37. The molecule has 0 aromatic heterocycles. The number of hydrogen-bond acceptors (Lipinski definition) is 7. The Hall–Kier alpha value is -2.73. The van der Waals surface area contributed by atoms with Crippen molar-refractivity contribution in [2.75, 3.05) is 38.4 Å². The van der Waals surface area contributed by atoms with E-state index in [1.54, 1.807) is 24.3 Å². The minimum Gasteiger partial charge on any atom is -0.454 e. The van der Waals surface area contributed by atoms with E-state index in [0.29, 0.717) is 43.5 Å². The molecule has 31 heavy (non-hydrogen) atoms. The maximum atomic E-state index is 12.7. The van der Waals surface area contributed by atoms with Gasteiger partial charge in [0, 0.05) is 24.3 Å². The Morgan fingerprint density at radius 1 is 1.06 bits per heavy atom. The van der Waals surface area contributed by atoms with E-state index in [0.717, 1.165) is 11.3 Å². The van der Waals surface area contributed by atoms with Gasteiger partial charge in [0.1, 0.15) is 0 Å². The van der Waals surface area contributed by atoms with Crippen LogP contribution in [-0.2, 0) is 14.8 Å². The van der Waals surface area contributed by atoms with Crippen molar-refractivity contribution in [2.24, 2.45) is 5.10 Å². The molecule has 0 unspecified atom stereocenters. The van der Waals surface area contributed by atoms with Crippen molar-refractivity contribution in [3.05, 3.63) is 48.0 Å². The van der Waals surface area contributed by atoms with E-state index in [2.05, 4.69) is 15.8 Å². The number of thiocarbonyl (C=S) groups is 1. The summed E-state index contributed by atoms with van der Waals surface area (Å²) in [6, 6.07) is 12.0. The molecule has 0 bridgehead atoms. The second kappa shape index (κ2) is 9.18. The topological polar surface area (TPSA) is 101 Å². The molecule has 2 aromatic carbocycles. The van der Waals surface area contributed by atoms with Crippen molar-refractivity contribution < 1.29 is 22.6 Å². The molecule has 0 aliphatic carbocycles. The largest absolute Gasteiger partial charge is 0.454 e. The van der Waals surface area contributed by atoms with Gasteiger partial charge in [-0.25, -0.2) is 8.42 Å². The van der Waals surface area contributed by atoms with E-state index in [-0.39, 0.29) is 16.8 Å². The predicted octanol–water partition coefficient (Wildman–Crippen LogP) is 2.15. The molecule has 0 spiro atoms. The minimum absolute atomic E-state index is 0.216. The third-order valence-corrected chi connectivity index (χ3v) is 6.94. The first kappa shape index (κ1) is 21.5. The fourth-order valence-corrected chi connectivity index (χ4v) is 4.70. The normalized spacial score (nSPS) is 16.7. The van der Waals surface area contributed by atoms with Gasteiger partial charge < -0.3 is 19.5 Å². The lowest BCUT2D eigenvalue weighted by molar-refractivity contribution is 0.0730. The average molecular weight is 463 g/mol. The highest BCUT2D eigenvalue weighted by atomic mass is 32.2. The van der Waals surface area contributed by atoms with Crippen molar-refractivity contribution in [2.45, 2.75) is 11.8 Å². The number of fused-ring (bicyclic) bond motifs is 1. The standard InChI is InChI=1S/C20H22N4O5S2/c1-14(15-2-7-18-19(12-15)29-13-28-18)22-23-20(30)21-16-3-5-17(6-4-16)31(25,26)24-8-10-27-11-9-24/h2-7,12H,8-11,13H2,1H3,(H2,21,23,30)/b22-14+. The highest BCUT2D eigenvalue weighted by Gasteiger charge is 2.26. The second-order valence-electron chi connectivity index (χ2n) is 6.87. The number of benzene rings is 2. The van der Waals surface area contributed by atoms with Crippen molar-refractivity contribution in [1.82, 2.24) is 9.73 Å². The first-order valence-corrected chi connectivity index (χ1v) is 11.5. The number of rotatable bonds is 5. The number of nitrogens with zero attached hydrogens (tertiary/aromatic N) is 2. The van der Waals surface area contributed by atoms with Crippen LogP contribution in [0, 0.1) is 0 Å². The van der Waals surface area contributed by atoms with Crippen LogP contribution in [0.15, 0.2) is 52.5 Å². The molecule has 1 saturated heterocycles. The van der Waals surface area contributed by atoms with Gasteiger partial charge in [-0.3, -0.25) is 5.43 Å². The molecule has 2 aliphatic heterocycles. The van der Waals surface area contributed by atoms with Gasteiger partial charge in [0.15, 0.2) is 16.6 Å². The third-order valence-electron chi connectivity index (χ3n) is 4.84. The number of anilines is 1. The highest BCUT2D eigenvalue weighted by Crippen LogP contribution is 2.32. The zero-order valence-electron chi connectivity index (χ0n) is 16.8. The minimum atomic E-state index is -3.53. The molecule has 1 fully saturated rings. The first-order valence-electron chi connectivity index (χ1n) is 9.63. The fourth-order valence-electron chi connectivity index (χ4n) is 3.13. The summed E-state index contributed by atoms with van der Waals surface area (Å²) in [6.45, 7) is 3.59. The van der Waals surface area contributed by atoms with E-state index in [9.17, 15) is 8.42 Å². The Morgan fingerprint density at radius 2 is 1.77 bits per heavy atom. The molecule has 0 atom stereocenters. The average Bonchev–Trinajstić information content (AvgIpc) is 3.26. The Bertz CT molecular complexity index is 1100. The van der Waals surface area contributed by atoms with Crippen LogP contribution in [0.3, 0.4) is 0 Å². The quantitative estimate of drug-likeness (QED) is 0.396. The molecule has 2 N–H and O–H groups in total. The Labute approximate surface area is 186 Å². The molecule has 2 aromatic rings. The van der Waals surface area contributed by atoms with Gasteiger partial charge in [0.25, 0.3) is 0 Å². The van der Waals surface area contributed by atoms with E-state index in [4.69, 9.17) is 26.4 Å². The van der Waals surface area contributed by atoms with Crippen LogP contribution in [0.1, 0.15) is 12.5 Å². The van der Waals surface area contributed by atoms with Gasteiger partial charge in [-0.1, -0.05) is 0 Å². The molecule has 2 aliphatic rings. The summed E-state index contributed by atoms with van der Waals surface area (Å²) in [5.41, 5.74) is 5.03. The highest BCUT2D eigenvalue weighted by molar-refractivity contribution is 7.89. The van der Waals surface area contributed by atoms with Crippen molar-refractivity contribution >= 4 is 38.8 Å². The molecule has 0 saturated carbocycles. The summed E-state index contributed by atoms with van der Waals surface area (Å²) in [5.74, 6) is 1.39. The summed E-state index contributed by atoms with van der Waals surface area (Å²) < 4.78 is 42.7. The predicted molar refractivity (Wildman–Crippen MR) is 120 cm³/mol. The van der Waals surface area contributed by atoms with Crippen LogP contribution in [0.2, 0.25) is 0 Å². The lowest BCUT2D eigenvalue weighted by Gasteiger charge is -2.26. The van der Waals surface area contributed by atoms with Gasteiger partial charge >= 0.3 is 0 Å². The fraction of sp³-hybridized carbons (Fsp3) is 0.300. The molecule has 0 amide bonds. The molecule has 2 heterocycles. The number of hydrazone groups is 1. The monoisotopic (exact) mass is 462 g/mol. The van der Waals surface area contributed by atoms with Crippen LogP contribution in [0.4, 0.5) is 5.69 Å². The number of ether oxygens (including phenoxy) is 3. The van der Waals surface area contributed by atoms with Gasteiger partial charge in [0.2, 0.25) is 16.8 Å². The summed E-state index contributed by atoms with van der Waals surface area (Å²) in [6.07, 6.45) is 0. The number of sulfonamides is 1. The van der Waals surface area contributed by atoms with Crippen LogP contribution in [0.5, 0.6) is 11.5 Å². The number of morpholine rings is 1. The third kappa shape index (κ3) is 4.96. The van der Waals surface area contributed by atoms with Crippen LogP contribution >= 0.6 is 12.2 Å². The van der Waals surface area contributed by atoms with E-state index >= 15 is 0 Å². The van der Waals surface area contributed by atoms with E-state index in [1.807, 2.05) is 25.1 Å². The zero-order valence-corrected chi connectivity index (χ0v) is 18.5. The second-order valence-corrected chi connectivity index (χ2v) is 9.22. The van der Waals surface area contributed by atoms with Crippen molar-refractivity contribution in [3.63, 3.8) is 0 Å². The van der Waals surface area contributed by atoms with Gasteiger partial charge in [-0.2, -0.15) is 9.41 Å².